The van der Waals surface area contributed by atoms with Gasteiger partial charge < -0.3 is 20.9 Å². The van der Waals surface area contributed by atoms with Gasteiger partial charge in [0.25, 0.3) is 5.91 Å². The number of fused-ring (bicyclic) bond motifs is 1. The summed E-state index contributed by atoms with van der Waals surface area (Å²) >= 11 is 1.77. The van der Waals surface area contributed by atoms with Crippen molar-refractivity contribution >= 4 is 58.0 Å². The SMILES string of the molecule is CCSN1CC(CC#N)(n2cc(-c3nc(Nc4ccc(C(=O)NCCCCCNc5ccc(C6CCC(=O)NC6=O)cc5)cc4)nc4[nH]ccc34)cn2)C1. The summed E-state index contributed by atoms with van der Waals surface area (Å²) in [6, 6.07) is 19.3. The Labute approximate surface area is 317 Å². The summed E-state index contributed by atoms with van der Waals surface area (Å²) in [6.45, 7) is 5.02. The largest absolute Gasteiger partial charge is 0.385 e. The van der Waals surface area contributed by atoms with E-state index in [9.17, 15) is 19.6 Å². The van der Waals surface area contributed by atoms with Gasteiger partial charge in [0.05, 0.1) is 30.3 Å². The minimum Gasteiger partial charge on any atom is -0.385 e. The summed E-state index contributed by atoms with van der Waals surface area (Å²) in [5.74, 6) is 0.553. The van der Waals surface area contributed by atoms with Gasteiger partial charge in [0.2, 0.25) is 17.8 Å². The van der Waals surface area contributed by atoms with E-state index in [-0.39, 0.29) is 29.2 Å². The van der Waals surface area contributed by atoms with Crippen LogP contribution in [0.4, 0.5) is 17.3 Å². The van der Waals surface area contributed by atoms with Crippen molar-refractivity contribution in [2.75, 3.05) is 42.6 Å². The average Bonchev–Trinajstić information content (AvgIpc) is 3.85. The van der Waals surface area contributed by atoms with Crippen LogP contribution in [0.3, 0.4) is 0 Å². The number of carbonyl (C=O) groups excluding carboxylic acids is 3. The number of rotatable bonds is 16. The number of benzene rings is 2. The van der Waals surface area contributed by atoms with E-state index in [0.717, 1.165) is 78.2 Å². The van der Waals surface area contributed by atoms with Gasteiger partial charge in [-0.05, 0) is 73.7 Å². The highest BCUT2D eigenvalue weighted by molar-refractivity contribution is 7.97. The van der Waals surface area contributed by atoms with Crippen LogP contribution in [0, 0.1) is 11.3 Å². The smallest absolute Gasteiger partial charge is 0.251 e. The van der Waals surface area contributed by atoms with Crippen molar-refractivity contribution in [3.05, 3.63) is 84.3 Å². The lowest BCUT2D eigenvalue weighted by molar-refractivity contribution is -0.134. The molecule has 5 heterocycles. The van der Waals surface area contributed by atoms with Gasteiger partial charge in [0.15, 0.2) is 0 Å². The normalized spacial score (nSPS) is 16.7. The number of hydrogen-bond acceptors (Lipinski definition) is 11. The van der Waals surface area contributed by atoms with E-state index >= 15 is 0 Å². The maximum Gasteiger partial charge on any atom is 0.251 e. The quantitative estimate of drug-likeness (QED) is 0.0475. The Morgan fingerprint density at radius 3 is 2.56 bits per heavy atom. The molecule has 2 aliphatic heterocycles. The standard InChI is InChI=1S/C39H43N11O3S/c1-2-54-49-24-39(25-49,17-18-40)50-23-28(22-44-50)34-32-16-21-42-35(32)48-38(47-34)45-30-12-8-27(9-13-30)36(52)43-20-5-3-4-19-41-29-10-6-26(7-11-29)31-14-15-33(51)46-37(31)53/h6-13,16,21-23,31,41H,2-5,14-15,17,19-20,24-25H2,1H3,(H,43,52)(H,46,51,53)(H2,42,45,47,48). The molecule has 7 rings (SSSR count). The lowest BCUT2D eigenvalue weighted by Gasteiger charge is -2.48. The molecule has 3 amide bonds. The topological polar surface area (TPSA) is 186 Å². The minimum atomic E-state index is -0.357. The number of nitrogens with zero attached hydrogens (tertiary/aromatic N) is 6. The van der Waals surface area contributed by atoms with Crippen molar-refractivity contribution in [2.24, 2.45) is 0 Å². The molecule has 15 heteroatoms. The number of aromatic amines is 1. The summed E-state index contributed by atoms with van der Waals surface area (Å²) in [5, 5.41) is 27.2. The molecule has 1 atom stereocenters. The van der Waals surface area contributed by atoms with Gasteiger partial charge in [-0.2, -0.15) is 15.3 Å². The molecule has 2 fully saturated rings. The van der Waals surface area contributed by atoms with Crippen LogP contribution in [0.2, 0.25) is 0 Å². The molecule has 54 heavy (non-hydrogen) atoms. The van der Waals surface area contributed by atoms with Crippen molar-refractivity contribution in [1.29, 1.82) is 5.26 Å². The third-order valence-electron chi connectivity index (χ3n) is 9.84. The van der Waals surface area contributed by atoms with Crippen LogP contribution in [0.1, 0.15) is 67.3 Å². The van der Waals surface area contributed by atoms with Crippen LogP contribution in [-0.2, 0) is 15.1 Å². The molecule has 14 nitrogen and oxygen atoms in total. The van der Waals surface area contributed by atoms with Gasteiger partial charge in [0, 0.05) is 78.6 Å². The molecule has 2 aromatic carbocycles. The second kappa shape index (κ2) is 16.5. The number of H-pyrrole nitrogens is 1. The molecule has 5 aromatic rings. The van der Waals surface area contributed by atoms with E-state index in [0.29, 0.717) is 43.0 Å². The Kier molecular flexibility index (Phi) is 11.2. The second-order valence-electron chi connectivity index (χ2n) is 13.7. The highest BCUT2D eigenvalue weighted by atomic mass is 32.2. The van der Waals surface area contributed by atoms with Crippen LogP contribution in [0.25, 0.3) is 22.3 Å². The van der Waals surface area contributed by atoms with Crippen molar-refractivity contribution in [1.82, 2.24) is 39.7 Å². The van der Waals surface area contributed by atoms with Gasteiger partial charge in [-0.1, -0.05) is 31.0 Å². The molecular weight excluding hydrogens is 703 g/mol. The van der Waals surface area contributed by atoms with Crippen molar-refractivity contribution in [3.8, 4) is 17.3 Å². The highest BCUT2D eigenvalue weighted by Gasteiger charge is 2.45. The zero-order valence-electron chi connectivity index (χ0n) is 30.1. The van der Waals surface area contributed by atoms with Crippen LogP contribution in [0.15, 0.2) is 73.2 Å². The summed E-state index contributed by atoms with van der Waals surface area (Å²) in [5.41, 5.74) is 5.10. The first-order valence-corrected chi connectivity index (χ1v) is 19.3. The molecular formula is C39H43N11O3S. The molecule has 3 aromatic heterocycles. The molecule has 0 spiro atoms. The van der Waals surface area contributed by atoms with Gasteiger partial charge in [-0.3, -0.25) is 24.4 Å². The number of amides is 3. The number of carbonyl (C=O) groups is 3. The molecule has 2 saturated heterocycles. The Hall–Kier alpha value is -5.72. The molecule has 278 valence electrons. The molecule has 0 radical (unpaired) electrons. The van der Waals surface area contributed by atoms with Crippen LogP contribution in [0.5, 0.6) is 0 Å². The fraction of sp³-hybridized carbons (Fsp3) is 0.359. The second-order valence-corrected chi connectivity index (χ2v) is 15.0. The number of anilines is 3. The summed E-state index contributed by atoms with van der Waals surface area (Å²) in [4.78, 5) is 49.1. The fourth-order valence-electron chi connectivity index (χ4n) is 6.93. The average molecular weight is 746 g/mol. The zero-order valence-corrected chi connectivity index (χ0v) is 30.9. The monoisotopic (exact) mass is 745 g/mol. The van der Waals surface area contributed by atoms with E-state index in [1.165, 1.54) is 0 Å². The first-order valence-electron chi connectivity index (χ1n) is 18.3. The number of imide groups is 1. The molecule has 1 unspecified atom stereocenters. The van der Waals surface area contributed by atoms with Crippen LogP contribution in [-0.4, -0.2) is 78.7 Å². The van der Waals surface area contributed by atoms with Gasteiger partial charge in [-0.25, -0.2) is 9.29 Å². The first kappa shape index (κ1) is 36.6. The lowest BCUT2D eigenvalue weighted by atomic mass is 9.89. The third kappa shape index (κ3) is 8.24. The Morgan fingerprint density at radius 1 is 1.02 bits per heavy atom. The van der Waals surface area contributed by atoms with Crippen molar-refractivity contribution < 1.29 is 14.4 Å². The molecule has 0 aliphatic carbocycles. The minimum absolute atomic E-state index is 0.129. The number of aromatic nitrogens is 5. The van der Waals surface area contributed by atoms with E-state index in [2.05, 4.69) is 53.6 Å². The Morgan fingerprint density at radius 2 is 1.80 bits per heavy atom. The number of unbranched alkanes of at least 4 members (excludes halogenated alkanes) is 2. The third-order valence-corrected chi connectivity index (χ3v) is 10.7. The lowest BCUT2D eigenvalue weighted by Crippen LogP contribution is -2.60. The van der Waals surface area contributed by atoms with Crippen molar-refractivity contribution in [2.45, 2.75) is 56.9 Å². The number of piperidine rings is 1. The summed E-state index contributed by atoms with van der Waals surface area (Å²) in [6.07, 6.45) is 9.65. The van der Waals surface area contributed by atoms with E-state index in [1.54, 1.807) is 30.3 Å². The van der Waals surface area contributed by atoms with Crippen molar-refractivity contribution in [3.63, 3.8) is 0 Å². The van der Waals surface area contributed by atoms with E-state index in [1.807, 2.05) is 59.5 Å². The zero-order chi connectivity index (χ0) is 37.5. The van der Waals surface area contributed by atoms with Crippen LogP contribution >= 0.6 is 11.9 Å². The highest BCUT2D eigenvalue weighted by Crippen LogP contribution is 2.38. The summed E-state index contributed by atoms with van der Waals surface area (Å²) < 4.78 is 4.19. The predicted octanol–water partition coefficient (Wildman–Crippen LogP) is 5.69. The van der Waals surface area contributed by atoms with Crippen LogP contribution < -0.4 is 21.3 Å². The predicted molar refractivity (Wildman–Crippen MR) is 209 cm³/mol. The Bertz CT molecular complexity index is 2150. The number of nitriles is 1. The van der Waals surface area contributed by atoms with Gasteiger partial charge >= 0.3 is 0 Å². The molecule has 2 aliphatic rings. The van der Waals surface area contributed by atoms with E-state index in [4.69, 9.17) is 4.98 Å². The Balaban J connectivity index is 0.871. The molecule has 5 N–H and O–H groups in total. The maximum atomic E-state index is 12.8. The number of hydrogen-bond donors (Lipinski definition) is 5. The molecule has 0 saturated carbocycles. The molecule has 0 bridgehead atoms. The number of nitrogens with one attached hydrogen (secondary N) is 5. The van der Waals surface area contributed by atoms with Gasteiger partial charge in [-0.15, -0.1) is 0 Å². The summed E-state index contributed by atoms with van der Waals surface area (Å²) in [7, 11) is 0. The maximum absolute atomic E-state index is 12.8. The fourth-order valence-corrected chi connectivity index (χ4v) is 7.96. The van der Waals surface area contributed by atoms with Gasteiger partial charge in [0.1, 0.15) is 11.2 Å². The van der Waals surface area contributed by atoms with E-state index < -0.39 is 0 Å². The first-order chi connectivity index (χ1) is 26.3.